The number of hydrogen-bond acceptors (Lipinski definition) is 2. The minimum Gasteiger partial charge on any atom is -0.312 e. The van der Waals surface area contributed by atoms with Gasteiger partial charge < -0.3 is 10.2 Å². The van der Waals surface area contributed by atoms with E-state index < -0.39 is 0 Å². The van der Waals surface area contributed by atoms with Crippen LogP contribution in [0.25, 0.3) is 0 Å². The largest absolute Gasteiger partial charge is 0.312 e. The van der Waals surface area contributed by atoms with Crippen LogP contribution in [-0.2, 0) is 0 Å². The smallest absolute Gasteiger partial charge is 0.0235 e. The average Bonchev–Trinajstić information content (AvgIpc) is 2.84. The molecule has 0 aromatic heterocycles. The van der Waals surface area contributed by atoms with Crippen molar-refractivity contribution in [1.82, 2.24) is 10.2 Å². The summed E-state index contributed by atoms with van der Waals surface area (Å²) in [6.07, 6.45) is 14.4. The van der Waals surface area contributed by atoms with Crippen molar-refractivity contribution in [2.75, 3.05) is 26.2 Å². The molecule has 0 bridgehead atoms. The van der Waals surface area contributed by atoms with Crippen LogP contribution in [0.15, 0.2) is 0 Å². The van der Waals surface area contributed by atoms with Gasteiger partial charge in [-0.15, -0.1) is 0 Å². The second kappa shape index (κ2) is 8.97. The molecule has 1 N–H and O–H groups in total. The van der Waals surface area contributed by atoms with E-state index in [0.717, 1.165) is 12.0 Å². The first-order valence-electron chi connectivity index (χ1n) is 8.86. The molecular weight excluding hydrogens is 232 g/mol. The Kier molecular flexibility index (Phi) is 7.23. The molecule has 2 heterocycles. The van der Waals surface area contributed by atoms with Crippen LogP contribution in [0.1, 0.15) is 71.1 Å². The van der Waals surface area contributed by atoms with Crippen molar-refractivity contribution >= 4 is 0 Å². The van der Waals surface area contributed by atoms with Crippen molar-refractivity contribution in [3.05, 3.63) is 0 Å². The van der Waals surface area contributed by atoms with Crippen molar-refractivity contribution in [3.63, 3.8) is 0 Å². The normalized spacial score (nSPS) is 27.6. The van der Waals surface area contributed by atoms with Crippen molar-refractivity contribution in [1.29, 1.82) is 0 Å². The van der Waals surface area contributed by atoms with Gasteiger partial charge in [-0.3, -0.25) is 0 Å². The molecule has 2 aliphatic heterocycles. The van der Waals surface area contributed by atoms with Gasteiger partial charge >= 0.3 is 0 Å². The maximum atomic E-state index is 3.70. The Labute approximate surface area is 120 Å². The van der Waals surface area contributed by atoms with Crippen molar-refractivity contribution in [2.45, 2.75) is 77.2 Å². The van der Waals surface area contributed by atoms with Crippen LogP contribution in [0.2, 0.25) is 0 Å². The molecule has 2 saturated heterocycles. The monoisotopic (exact) mass is 266 g/mol. The van der Waals surface area contributed by atoms with Crippen LogP contribution in [0, 0.1) is 5.92 Å². The fourth-order valence-corrected chi connectivity index (χ4v) is 3.79. The Morgan fingerprint density at radius 2 is 1.68 bits per heavy atom. The lowest BCUT2D eigenvalue weighted by Crippen LogP contribution is -2.40. The highest BCUT2D eigenvalue weighted by Gasteiger charge is 2.33. The molecule has 0 amide bonds. The maximum absolute atomic E-state index is 3.70. The fourth-order valence-electron chi connectivity index (χ4n) is 3.79. The van der Waals surface area contributed by atoms with Crippen LogP contribution in [-0.4, -0.2) is 37.1 Å². The van der Waals surface area contributed by atoms with Crippen LogP contribution in [0.5, 0.6) is 0 Å². The van der Waals surface area contributed by atoms with E-state index in [1.54, 1.807) is 0 Å². The van der Waals surface area contributed by atoms with E-state index >= 15 is 0 Å². The quantitative estimate of drug-likeness (QED) is 0.638. The van der Waals surface area contributed by atoms with Crippen LogP contribution in [0.4, 0.5) is 0 Å². The predicted octanol–water partition coefficient (Wildman–Crippen LogP) is 3.81. The molecule has 2 nitrogen and oxygen atoms in total. The summed E-state index contributed by atoms with van der Waals surface area (Å²) in [5.41, 5.74) is 0. The predicted molar refractivity (Wildman–Crippen MR) is 83.6 cm³/mol. The van der Waals surface area contributed by atoms with Gasteiger partial charge in [0.1, 0.15) is 0 Å². The summed E-state index contributed by atoms with van der Waals surface area (Å²) in [5.74, 6) is 0.961. The third kappa shape index (κ3) is 5.43. The highest BCUT2D eigenvalue weighted by Crippen LogP contribution is 2.25. The summed E-state index contributed by atoms with van der Waals surface area (Å²) in [5, 5.41) is 3.70. The number of hydrogen-bond donors (Lipinski definition) is 1. The first kappa shape index (κ1) is 15.3. The molecular formula is C17H34N2. The van der Waals surface area contributed by atoms with E-state index in [0.29, 0.717) is 0 Å². The van der Waals surface area contributed by atoms with Gasteiger partial charge in [-0.25, -0.2) is 0 Å². The first-order valence-corrected chi connectivity index (χ1v) is 8.86. The maximum Gasteiger partial charge on any atom is 0.0235 e. The molecule has 2 rings (SSSR count). The molecule has 19 heavy (non-hydrogen) atoms. The number of unbranched alkanes of at least 4 members (excludes halogenated alkanes) is 7. The van der Waals surface area contributed by atoms with Gasteiger partial charge in [0.2, 0.25) is 0 Å². The van der Waals surface area contributed by atoms with Crippen molar-refractivity contribution in [2.24, 2.45) is 5.92 Å². The lowest BCUT2D eigenvalue weighted by atomic mass is 9.94. The molecule has 0 aromatic carbocycles. The fraction of sp³-hybridized carbons (Fsp3) is 1.00. The summed E-state index contributed by atoms with van der Waals surface area (Å²) in [6.45, 7) is 7.59. The SMILES string of the molecule is CCCCCCCCCCN1CC2CCCNC2C1. The van der Waals surface area contributed by atoms with Crippen LogP contribution < -0.4 is 5.32 Å². The molecule has 0 saturated carbocycles. The van der Waals surface area contributed by atoms with Gasteiger partial charge in [-0.2, -0.15) is 0 Å². The molecule has 112 valence electrons. The zero-order valence-corrected chi connectivity index (χ0v) is 13.0. The molecule has 0 aliphatic carbocycles. The molecule has 2 unspecified atom stereocenters. The summed E-state index contributed by atoms with van der Waals surface area (Å²) in [7, 11) is 0. The van der Waals surface area contributed by atoms with Gasteiger partial charge in [0.05, 0.1) is 0 Å². The van der Waals surface area contributed by atoms with Gasteiger partial charge in [-0.1, -0.05) is 51.9 Å². The van der Waals surface area contributed by atoms with Gasteiger partial charge in [-0.05, 0) is 38.3 Å². The summed E-state index contributed by atoms with van der Waals surface area (Å²) < 4.78 is 0. The standard InChI is InChI=1S/C17H34N2/c1-2-3-4-5-6-7-8-9-13-19-14-16-11-10-12-18-17(16)15-19/h16-18H,2-15H2,1H3. The topological polar surface area (TPSA) is 15.3 Å². The lowest BCUT2D eigenvalue weighted by molar-refractivity contribution is 0.311. The molecule has 0 radical (unpaired) electrons. The number of rotatable bonds is 9. The Morgan fingerprint density at radius 1 is 0.947 bits per heavy atom. The molecule has 2 heteroatoms. The minimum absolute atomic E-state index is 0.822. The minimum atomic E-state index is 0.822. The first-order chi connectivity index (χ1) is 9.40. The number of piperidine rings is 1. The zero-order valence-electron chi connectivity index (χ0n) is 13.0. The van der Waals surface area contributed by atoms with E-state index in [2.05, 4.69) is 17.1 Å². The Bertz CT molecular complexity index is 215. The number of nitrogens with zero attached hydrogens (tertiary/aromatic N) is 1. The Morgan fingerprint density at radius 3 is 2.42 bits per heavy atom. The van der Waals surface area contributed by atoms with Gasteiger partial charge in [0.15, 0.2) is 0 Å². The van der Waals surface area contributed by atoms with E-state index in [4.69, 9.17) is 0 Å². The second-order valence-corrected chi connectivity index (χ2v) is 6.70. The molecule has 2 fully saturated rings. The van der Waals surface area contributed by atoms with Gasteiger partial charge in [0, 0.05) is 19.1 Å². The average molecular weight is 266 g/mol. The summed E-state index contributed by atoms with van der Waals surface area (Å²) >= 11 is 0. The molecule has 2 aliphatic rings. The van der Waals surface area contributed by atoms with E-state index in [-0.39, 0.29) is 0 Å². The molecule has 2 atom stereocenters. The Balaban J connectivity index is 1.43. The zero-order chi connectivity index (χ0) is 13.3. The molecule has 0 aromatic rings. The third-order valence-corrected chi connectivity index (χ3v) is 5.00. The third-order valence-electron chi connectivity index (χ3n) is 5.00. The summed E-state index contributed by atoms with van der Waals surface area (Å²) in [6, 6.07) is 0.822. The van der Waals surface area contributed by atoms with E-state index in [1.165, 1.54) is 90.4 Å². The van der Waals surface area contributed by atoms with Crippen molar-refractivity contribution < 1.29 is 0 Å². The summed E-state index contributed by atoms with van der Waals surface area (Å²) in [4.78, 5) is 2.71. The van der Waals surface area contributed by atoms with Crippen LogP contribution >= 0.6 is 0 Å². The van der Waals surface area contributed by atoms with Crippen LogP contribution in [0.3, 0.4) is 0 Å². The van der Waals surface area contributed by atoms with Crippen molar-refractivity contribution in [3.8, 4) is 0 Å². The highest BCUT2D eigenvalue weighted by atomic mass is 15.2. The van der Waals surface area contributed by atoms with E-state index in [1.807, 2.05) is 0 Å². The van der Waals surface area contributed by atoms with Gasteiger partial charge in [0.25, 0.3) is 0 Å². The molecule has 0 spiro atoms. The number of fused-ring (bicyclic) bond motifs is 1. The van der Waals surface area contributed by atoms with E-state index in [9.17, 15) is 0 Å². The Hall–Kier alpha value is -0.0800. The highest BCUT2D eigenvalue weighted by molar-refractivity contribution is 4.91. The second-order valence-electron chi connectivity index (χ2n) is 6.70. The number of nitrogens with one attached hydrogen (secondary N) is 1. The lowest BCUT2D eigenvalue weighted by Gasteiger charge is -2.24. The number of likely N-dealkylation sites (tertiary alicyclic amines) is 1.